The van der Waals surface area contributed by atoms with Gasteiger partial charge in [0.05, 0.1) is 23.3 Å². The van der Waals surface area contributed by atoms with Gasteiger partial charge in [0.2, 0.25) is 11.8 Å². The number of aliphatic hydroxyl groups excluding tert-OH is 1. The monoisotopic (exact) mass is 485 g/mol. The minimum Gasteiger partial charge on any atom is -0.418 e. The van der Waals surface area contributed by atoms with Crippen LogP contribution >= 0.6 is 22.6 Å². The van der Waals surface area contributed by atoms with E-state index in [2.05, 4.69) is 50.2 Å². The maximum atomic E-state index is 10.3. The van der Waals surface area contributed by atoms with Gasteiger partial charge in [-0.05, 0) is 78.4 Å². The lowest BCUT2D eigenvalue weighted by molar-refractivity contribution is 0.159. The molecule has 2 N–H and O–H groups in total. The van der Waals surface area contributed by atoms with Crippen LogP contribution in [-0.4, -0.2) is 21.4 Å². The molecule has 3 aromatic rings. The molecule has 3 rings (SSSR count). The van der Waals surface area contributed by atoms with E-state index in [1.165, 1.54) is 0 Å². The Balaban J connectivity index is 1.90. The van der Waals surface area contributed by atoms with E-state index in [1.807, 2.05) is 6.92 Å². The fraction of sp³-hybridized carbons (Fsp3) is 0.200. The van der Waals surface area contributed by atoms with Crippen molar-refractivity contribution in [3.8, 4) is 23.6 Å². The van der Waals surface area contributed by atoms with E-state index >= 15 is 0 Å². The number of aromatic nitrogens is 2. The molecule has 8 heteroatoms. The van der Waals surface area contributed by atoms with Crippen LogP contribution in [0, 0.1) is 33.2 Å². The van der Waals surface area contributed by atoms with Gasteiger partial charge < -0.3 is 14.8 Å². The number of benzene rings is 2. The van der Waals surface area contributed by atoms with Gasteiger partial charge in [-0.25, -0.2) is 0 Å². The third-order valence-corrected chi connectivity index (χ3v) is 5.66. The van der Waals surface area contributed by atoms with Gasteiger partial charge >= 0.3 is 0 Å². The molecule has 2 atom stereocenters. The summed E-state index contributed by atoms with van der Waals surface area (Å²) in [6.45, 7) is 3.53. The van der Waals surface area contributed by atoms with E-state index in [9.17, 15) is 5.11 Å². The van der Waals surface area contributed by atoms with Crippen LogP contribution in [0.5, 0.6) is 0 Å². The molecule has 0 bridgehead atoms. The molecule has 0 radical (unpaired) electrons. The summed E-state index contributed by atoms with van der Waals surface area (Å²) in [6, 6.07) is 13.9. The summed E-state index contributed by atoms with van der Waals surface area (Å²) in [5.74, 6) is 0.547. The zero-order chi connectivity index (χ0) is 20.3. The molecular formula is C20H16IN5O2. The summed E-state index contributed by atoms with van der Waals surface area (Å²) >= 11 is 2.13. The molecule has 0 spiro atoms. The standard InChI is InChI=1S/C20H16IN5O2/c1-11-16(8-7-15(10-23)17(11)21)24-18(12(2)27)20-26-25-19(28-20)14-5-3-13(9-22)4-6-14/h3-8,12,18,24,27H,1-2H3/t12-,18?/m0/s1. The molecule has 0 saturated carbocycles. The number of hydrogen-bond acceptors (Lipinski definition) is 7. The number of nitrogens with one attached hydrogen (secondary N) is 1. The molecule has 1 unspecified atom stereocenters. The summed E-state index contributed by atoms with van der Waals surface area (Å²) in [7, 11) is 0. The lowest BCUT2D eigenvalue weighted by Crippen LogP contribution is -2.23. The Morgan fingerprint density at radius 1 is 1.11 bits per heavy atom. The molecule has 28 heavy (non-hydrogen) atoms. The van der Waals surface area contributed by atoms with Gasteiger partial charge in [0.25, 0.3) is 0 Å². The second kappa shape index (κ2) is 8.38. The van der Waals surface area contributed by atoms with Crippen LogP contribution in [0.1, 0.15) is 35.5 Å². The van der Waals surface area contributed by atoms with E-state index in [1.54, 1.807) is 43.3 Å². The Labute approximate surface area is 175 Å². The highest BCUT2D eigenvalue weighted by Gasteiger charge is 2.25. The third-order valence-electron chi connectivity index (χ3n) is 4.27. The zero-order valence-corrected chi connectivity index (χ0v) is 17.3. The van der Waals surface area contributed by atoms with Crippen LogP contribution in [0.4, 0.5) is 5.69 Å². The second-order valence-electron chi connectivity index (χ2n) is 6.21. The first kappa shape index (κ1) is 19.8. The summed E-state index contributed by atoms with van der Waals surface area (Å²) in [5, 5.41) is 39.7. The predicted octanol–water partition coefficient (Wildman–Crippen LogP) is 3.93. The van der Waals surface area contributed by atoms with Crippen molar-refractivity contribution in [2.45, 2.75) is 26.0 Å². The zero-order valence-electron chi connectivity index (χ0n) is 15.1. The minimum atomic E-state index is -0.804. The first-order chi connectivity index (χ1) is 13.4. The fourth-order valence-corrected chi connectivity index (χ4v) is 3.24. The van der Waals surface area contributed by atoms with Crippen molar-refractivity contribution in [1.82, 2.24) is 10.2 Å². The number of halogens is 1. The molecule has 2 aromatic carbocycles. The van der Waals surface area contributed by atoms with Crippen molar-refractivity contribution in [3.63, 3.8) is 0 Å². The van der Waals surface area contributed by atoms with E-state index in [0.29, 0.717) is 22.6 Å². The molecule has 140 valence electrons. The number of hydrogen-bond donors (Lipinski definition) is 2. The van der Waals surface area contributed by atoms with Gasteiger partial charge in [0.15, 0.2) is 0 Å². The lowest BCUT2D eigenvalue weighted by Gasteiger charge is -2.21. The number of aliphatic hydroxyl groups is 1. The Morgan fingerprint density at radius 2 is 1.82 bits per heavy atom. The van der Waals surface area contributed by atoms with Gasteiger partial charge in [-0.1, -0.05) is 0 Å². The Morgan fingerprint density at radius 3 is 2.43 bits per heavy atom. The molecule has 7 nitrogen and oxygen atoms in total. The largest absolute Gasteiger partial charge is 0.418 e. The van der Waals surface area contributed by atoms with Crippen molar-refractivity contribution in [3.05, 3.63) is 62.5 Å². The van der Waals surface area contributed by atoms with Gasteiger partial charge in [-0.15, -0.1) is 10.2 Å². The molecule has 0 saturated heterocycles. The molecular weight excluding hydrogens is 469 g/mol. The molecule has 0 aliphatic carbocycles. The average Bonchev–Trinajstić information content (AvgIpc) is 3.18. The van der Waals surface area contributed by atoms with Crippen molar-refractivity contribution >= 4 is 28.3 Å². The quantitative estimate of drug-likeness (QED) is 0.526. The first-order valence-electron chi connectivity index (χ1n) is 8.42. The van der Waals surface area contributed by atoms with Gasteiger partial charge in [-0.2, -0.15) is 10.5 Å². The summed E-state index contributed by atoms with van der Waals surface area (Å²) in [5.41, 5.74) is 3.49. The van der Waals surface area contributed by atoms with Crippen LogP contribution < -0.4 is 5.32 Å². The number of nitrogens with zero attached hydrogens (tertiary/aromatic N) is 4. The predicted molar refractivity (Wildman–Crippen MR) is 111 cm³/mol. The molecule has 1 aromatic heterocycles. The van der Waals surface area contributed by atoms with Crippen molar-refractivity contribution < 1.29 is 9.52 Å². The highest BCUT2D eigenvalue weighted by Crippen LogP contribution is 2.30. The Bertz CT molecular complexity index is 1080. The summed E-state index contributed by atoms with van der Waals surface area (Å²) in [4.78, 5) is 0. The number of rotatable bonds is 5. The normalized spacial score (nSPS) is 12.6. The van der Waals surface area contributed by atoms with Gasteiger partial charge in [-0.3, -0.25) is 0 Å². The minimum absolute atomic E-state index is 0.244. The van der Waals surface area contributed by atoms with E-state index in [-0.39, 0.29) is 5.89 Å². The molecule has 0 aliphatic rings. The maximum Gasteiger partial charge on any atom is 0.247 e. The number of anilines is 1. The van der Waals surface area contributed by atoms with Crippen LogP contribution in [-0.2, 0) is 0 Å². The van der Waals surface area contributed by atoms with Crippen LogP contribution in [0.25, 0.3) is 11.5 Å². The highest BCUT2D eigenvalue weighted by molar-refractivity contribution is 14.1. The lowest BCUT2D eigenvalue weighted by atomic mass is 10.1. The van der Waals surface area contributed by atoms with Crippen molar-refractivity contribution in [2.75, 3.05) is 5.32 Å². The number of nitriles is 2. The average molecular weight is 485 g/mol. The van der Waals surface area contributed by atoms with Gasteiger partial charge in [0.1, 0.15) is 12.1 Å². The first-order valence-corrected chi connectivity index (χ1v) is 9.50. The summed E-state index contributed by atoms with van der Waals surface area (Å²) < 4.78 is 6.62. The SMILES string of the molecule is Cc1c(NC(c2nnc(-c3ccc(C#N)cc3)o2)[C@H](C)O)ccc(C#N)c1I. The van der Waals surface area contributed by atoms with Crippen LogP contribution in [0.3, 0.4) is 0 Å². The van der Waals surface area contributed by atoms with Crippen molar-refractivity contribution in [2.24, 2.45) is 0 Å². The third kappa shape index (κ3) is 3.98. The molecule has 1 heterocycles. The van der Waals surface area contributed by atoms with Gasteiger partial charge in [0, 0.05) is 14.8 Å². The fourth-order valence-electron chi connectivity index (χ4n) is 2.65. The van der Waals surface area contributed by atoms with Crippen molar-refractivity contribution in [1.29, 1.82) is 10.5 Å². The smallest absolute Gasteiger partial charge is 0.247 e. The van der Waals surface area contributed by atoms with E-state index in [4.69, 9.17) is 14.9 Å². The Hall–Kier alpha value is -2.95. The maximum absolute atomic E-state index is 10.3. The molecule has 0 amide bonds. The molecule has 0 aliphatic heterocycles. The van der Waals surface area contributed by atoms with Crippen LogP contribution in [0.2, 0.25) is 0 Å². The summed E-state index contributed by atoms with van der Waals surface area (Å²) in [6.07, 6.45) is -0.804. The Kier molecular flexibility index (Phi) is 5.93. The topological polar surface area (TPSA) is 119 Å². The highest BCUT2D eigenvalue weighted by atomic mass is 127. The molecule has 0 fully saturated rings. The van der Waals surface area contributed by atoms with E-state index in [0.717, 1.165) is 14.8 Å². The van der Waals surface area contributed by atoms with E-state index < -0.39 is 12.1 Å². The second-order valence-corrected chi connectivity index (χ2v) is 7.29. The van der Waals surface area contributed by atoms with Crippen LogP contribution in [0.15, 0.2) is 40.8 Å².